The minimum absolute atomic E-state index is 0.247. The summed E-state index contributed by atoms with van der Waals surface area (Å²) >= 11 is 0. The Labute approximate surface area is 137 Å². The van der Waals surface area contributed by atoms with E-state index in [1.807, 2.05) is 31.2 Å². The first-order valence-electron chi connectivity index (χ1n) is 7.67. The fraction of sp³-hybridized carbons (Fsp3) is 0.263. The summed E-state index contributed by atoms with van der Waals surface area (Å²) in [6, 6.07) is 14.9. The van der Waals surface area contributed by atoms with Crippen LogP contribution in [-0.4, -0.2) is 18.7 Å². The van der Waals surface area contributed by atoms with Crippen LogP contribution in [0.5, 0.6) is 5.75 Å². The van der Waals surface area contributed by atoms with Crippen molar-refractivity contribution in [2.75, 3.05) is 6.61 Å². The zero-order chi connectivity index (χ0) is 16.7. The molecular weight excluding hydrogens is 288 g/mol. The number of benzene rings is 2. The Morgan fingerprint density at radius 3 is 2.39 bits per heavy atom. The average Bonchev–Trinajstić information content (AvgIpc) is 2.55. The number of carbonyl (C=O) groups is 1. The van der Waals surface area contributed by atoms with Gasteiger partial charge in [0.25, 0.3) is 5.91 Å². The van der Waals surface area contributed by atoms with E-state index >= 15 is 0 Å². The number of nitrogens with zero attached hydrogens (tertiary/aromatic N) is 1. The highest BCUT2D eigenvalue weighted by molar-refractivity contribution is 5.94. The fourth-order valence-electron chi connectivity index (χ4n) is 1.85. The van der Waals surface area contributed by atoms with Crippen LogP contribution in [-0.2, 0) is 0 Å². The minimum Gasteiger partial charge on any atom is -0.493 e. The lowest BCUT2D eigenvalue weighted by Crippen LogP contribution is -2.17. The van der Waals surface area contributed by atoms with E-state index < -0.39 is 0 Å². The van der Waals surface area contributed by atoms with Gasteiger partial charge in [0, 0.05) is 5.56 Å². The Morgan fingerprint density at radius 2 is 1.78 bits per heavy atom. The van der Waals surface area contributed by atoms with Crippen molar-refractivity contribution in [1.29, 1.82) is 0 Å². The number of rotatable bonds is 6. The number of hydrazone groups is 1. The van der Waals surface area contributed by atoms with E-state index in [-0.39, 0.29) is 5.91 Å². The lowest BCUT2D eigenvalue weighted by molar-refractivity contribution is 0.0955. The number of hydrogen-bond acceptors (Lipinski definition) is 3. The first-order valence-corrected chi connectivity index (χ1v) is 7.67. The van der Waals surface area contributed by atoms with Crippen molar-refractivity contribution in [3.8, 4) is 5.75 Å². The van der Waals surface area contributed by atoms with E-state index in [2.05, 4.69) is 24.4 Å². The molecule has 0 unspecified atom stereocenters. The zero-order valence-corrected chi connectivity index (χ0v) is 13.7. The SMILES string of the molecule is Cc1ccc(C=NNC(=O)c2ccc(OCC(C)C)cc2)cc1. The summed E-state index contributed by atoms with van der Waals surface area (Å²) in [4.78, 5) is 12.0. The molecule has 0 heterocycles. The van der Waals surface area contributed by atoms with Crippen LogP contribution in [0.4, 0.5) is 0 Å². The second kappa shape index (κ2) is 8.13. The van der Waals surface area contributed by atoms with Gasteiger partial charge in [-0.25, -0.2) is 5.43 Å². The lowest BCUT2D eigenvalue weighted by Gasteiger charge is -2.08. The van der Waals surface area contributed by atoms with Crippen molar-refractivity contribution in [1.82, 2.24) is 5.43 Å². The highest BCUT2D eigenvalue weighted by Crippen LogP contribution is 2.13. The van der Waals surface area contributed by atoms with Crippen molar-refractivity contribution in [3.63, 3.8) is 0 Å². The predicted octanol–water partition coefficient (Wildman–Crippen LogP) is 3.79. The third kappa shape index (κ3) is 5.58. The maximum Gasteiger partial charge on any atom is 0.271 e. The molecule has 0 aliphatic heterocycles. The molecule has 0 atom stereocenters. The molecule has 0 aromatic heterocycles. The molecule has 23 heavy (non-hydrogen) atoms. The van der Waals surface area contributed by atoms with E-state index in [1.54, 1.807) is 30.5 Å². The molecule has 0 saturated heterocycles. The van der Waals surface area contributed by atoms with Gasteiger partial charge in [0.15, 0.2) is 0 Å². The maximum atomic E-state index is 12.0. The van der Waals surface area contributed by atoms with Gasteiger partial charge >= 0.3 is 0 Å². The molecule has 4 heteroatoms. The molecule has 0 aliphatic carbocycles. The first kappa shape index (κ1) is 16.7. The van der Waals surface area contributed by atoms with Gasteiger partial charge in [0.2, 0.25) is 0 Å². The van der Waals surface area contributed by atoms with Crippen LogP contribution in [0, 0.1) is 12.8 Å². The summed E-state index contributed by atoms with van der Waals surface area (Å²) in [5.41, 5.74) is 5.19. The summed E-state index contributed by atoms with van der Waals surface area (Å²) in [7, 11) is 0. The van der Waals surface area contributed by atoms with Gasteiger partial charge in [-0.3, -0.25) is 4.79 Å². The maximum absolute atomic E-state index is 12.0. The normalized spacial score (nSPS) is 11.0. The van der Waals surface area contributed by atoms with Gasteiger partial charge in [-0.2, -0.15) is 5.10 Å². The quantitative estimate of drug-likeness (QED) is 0.652. The van der Waals surface area contributed by atoms with E-state index in [9.17, 15) is 4.79 Å². The molecule has 0 radical (unpaired) electrons. The summed E-state index contributed by atoms with van der Waals surface area (Å²) in [6.07, 6.45) is 1.62. The van der Waals surface area contributed by atoms with Crippen LogP contribution in [0.25, 0.3) is 0 Å². The van der Waals surface area contributed by atoms with Crippen molar-refractivity contribution in [3.05, 3.63) is 65.2 Å². The predicted molar refractivity (Wildman–Crippen MR) is 93.0 cm³/mol. The van der Waals surface area contributed by atoms with Gasteiger partial charge in [-0.05, 0) is 42.7 Å². The number of hydrogen-bond donors (Lipinski definition) is 1. The molecule has 1 N–H and O–H groups in total. The topological polar surface area (TPSA) is 50.7 Å². The summed E-state index contributed by atoms with van der Waals surface area (Å²) in [6.45, 7) is 6.87. The molecule has 0 saturated carbocycles. The summed E-state index contributed by atoms with van der Waals surface area (Å²) in [5.74, 6) is 0.983. The Bertz CT molecular complexity index is 659. The monoisotopic (exact) mass is 310 g/mol. The second-order valence-electron chi connectivity index (χ2n) is 5.84. The Hall–Kier alpha value is -2.62. The molecule has 120 valence electrons. The van der Waals surface area contributed by atoms with Crippen molar-refractivity contribution < 1.29 is 9.53 Å². The highest BCUT2D eigenvalue weighted by atomic mass is 16.5. The van der Waals surface area contributed by atoms with Crippen molar-refractivity contribution in [2.24, 2.45) is 11.0 Å². The number of nitrogens with one attached hydrogen (secondary N) is 1. The number of carbonyl (C=O) groups excluding carboxylic acids is 1. The molecule has 0 aliphatic rings. The Balaban J connectivity index is 1.89. The molecule has 0 bridgehead atoms. The van der Waals surface area contributed by atoms with Gasteiger partial charge < -0.3 is 4.74 Å². The third-order valence-corrected chi connectivity index (χ3v) is 3.16. The van der Waals surface area contributed by atoms with Crippen LogP contribution in [0.15, 0.2) is 53.6 Å². The molecule has 2 rings (SSSR count). The van der Waals surface area contributed by atoms with Crippen LogP contribution in [0.3, 0.4) is 0 Å². The fourth-order valence-corrected chi connectivity index (χ4v) is 1.85. The Kier molecular flexibility index (Phi) is 5.92. The molecule has 0 spiro atoms. The molecule has 1 amide bonds. The second-order valence-corrected chi connectivity index (χ2v) is 5.84. The average molecular weight is 310 g/mol. The van der Waals surface area contributed by atoms with Crippen LogP contribution < -0.4 is 10.2 Å². The van der Waals surface area contributed by atoms with Gasteiger partial charge in [0.05, 0.1) is 12.8 Å². The largest absolute Gasteiger partial charge is 0.493 e. The van der Waals surface area contributed by atoms with Crippen LogP contribution in [0.1, 0.15) is 35.3 Å². The lowest BCUT2D eigenvalue weighted by atomic mass is 10.2. The molecular formula is C19H22N2O2. The third-order valence-electron chi connectivity index (χ3n) is 3.16. The van der Waals surface area contributed by atoms with Gasteiger partial charge in [-0.1, -0.05) is 43.7 Å². The highest BCUT2D eigenvalue weighted by Gasteiger charge is 2.04. The van der Waals surface area contributed by atoms with Gasteiger partial charge in [0.1, 0.15) is 5.75 Å². The van der Waals surface area contributed by atoms with Crippen LogP contribution >= 0.6 is 0 Å². The first-order chi connectivity index (χ1) is 11.0. The van der Waals surface area contributed by atoms with Gasteiger partial charge in [-0.15, -0.1) is 0 Å². The smallest absolute Gasteiger partial charge is 0.271 e. The number of aryl methyl sites for hydroxylation is 1. The summed E-state index contributed by atoms with van der Waals surface area (Å²) < 4.78 is 5.59. The molecule has 4 nitrogen and oxygen atoms in total. The van der Waals surface area contributed by atoms with E-state index in [4.69, 9.17) is 4.74 Å². The number of amides is 1. The van der Waals surface area contributed by atoms with E-state index in [1.165, 1.54) is 5.56 Å². The van der Waals surface area contributed by atoms with E-state index in [0.717, 1.165) is 11.3 Å². The van der Waals surface area contributed by atoms with Crippen LogP contribution in [0.2, 0.25) is 0 Å². The molecule has 2 aromatic rings. The zero-order valence-electron chi connectivity index (χ0n) is 13.7. The number of ether oxygens (including phenoxy) is 1. The molecule has 2 aromatic carbocycles. The molecule has 0 fully saturated rings. The van der Waals surface area contributed by atoms with E-state index in [0.29, 0.717) is 18.1 Å². The standard InChI is InChI=1S/C19H22N2O2/c1-14(2)13-23-18-10-8-17(9-11-18)19(22)21-20-12-16-6-4-15(3)5-7-16/h4-12,14H,13H2,1-3H3,(H,21,22). The minimum atomic E-state index is -0.247. The summed E-state index contributed by atoms with van der Waals surface area (Å²) in [5, 5.41) is 3.97. The van der Waals surface area contributed by atoms with Crippen molar-refractivity contribution >= 4 is 12.1 Å². The Morgan fingerprint density at radius 1 is 1.13 bits per heavy atom. The van der Waals surface area contributed by atoms with Crippen molar-refractivity contribution in [2.45, 2.75) is 20.8 Å².